The lowest BCUT2D eigenvalue weighted by Crippen LogP contribution is -2.29. The van der Waals surface area contributed by atoms with Crippen LogP contribution in [0.5, 0.6) is 0 Å². The number of hydrogen-bond donors (Lipinski definition) is 0. The van der Waals surface area contributed by atoms with Crippen LogP contribution >= 0.6 is 6.26 Å². The molecule has 2 aliphatic rings. The monoisotopic (exact) mass is 448 g/mol. The Kier molecular flexibility index (Phi) is 4.60. The molecule has 0 saturated carbocycles. The lowest BCUT2D eigenvalue weighted by atomic mass is 9.84. The summed E-state index contributed by atoms with van der Waals surface area (Å²) in [7, 11) is 3.82. The zero-order valence-electron chi connectivity index (χ0n) is 18.3. The van der Waals surface area contributed by atoms with E-state index in [1.807, 2.05) is 48.2 Å². The van der Waals surface area contributed by atoms with Crippen LogP contribution < -0.4 is 10.3 Å². The highest BCUT2D eigenvalue weighted by molar-refractivity contribution is 8.18. The third kappa shape index (κ3) is 2.75. The molecule has 0 N–H and O–H groups in total. The number of hydrogen-bond acceptors (Lipinski definition) is 5. The number of rotatable bonds is 2. The number of nitrogens with zero attached hydrogens (tertiary/aromatic N) is 4. The Bertz CT molecular complexity index is 1310. The van der Waals surface area contributed by atoms with Gasteiger partial charge >= 0.3 is 0 Å². The number of benzene rings is 2. The van der Waals surface area contributed by atoms with Gasteiger partial charge in [0.05, 0.1) is 16.7 Å². The predicted molar refractivity (Wildman–Crippen MR) is 132 cm³/mol. The molecule has 3 aromatic rings. The lowest BCUT2D eigenvalue weighted by Gasteiger charge is -2.33. The maximum Gasteiger partial charge on any atom is 0.146 e. The van der Waals surface area contributed by atoms with Gasteiger partial charge in [0.1, 0.15) is 17.4 Å². The summed E-state index contributed by atoms with van der Waals surface area (Å²) in [6.45, 7) is 6.47. The van der Waals surface area contributed by atoms with Gasteiger partial charge in [0, 0.05) is 37.2 Å². The minimum absolute atomic E-state index is 0.223. The molecule has 1 atom stereocenters. The summed E-state index contributed by atoms with van der Waals surface area (Å²) in [5.74, 6) is 0. The fourth-order valence-corrected chi connectivity index (χ4v) is 8.14. The van der Waals surface area contributed by atoms with E-state index in [9.17, 15) is 0 Å². The molecule has 0 bridgehead atoms. The van der Waals surface area contributed by atoms with Gasteiger partial charge in [0.25, 0.3) is 0 Å². The summed E-state index contributed by atoms with van der Waals surface area (Å²) in [5.41, 5.74) is 6.93. The minimum Gasteiger partial charge on any atom is -0.346 e. The number of aromatic nitrogens is 2. The van der Waals surface area contributed by atoms with Crippen molar-refractivity contribution in [1.82, 2.24) is 9.78 Å². The summed E-state index contributed by atoms with van der Waals surface area (Å²) >= 11 is 6.39. The number of allylic oxidation sites excluding steroid dienone is 2. The van der Waals surface area contributed by atoms with Crippen LogP contribution in [0.4, 0.5) is 11.4 Å². The van der Waals surface area contributed by atoms with Crippen molar-refractivity contribution in [2.75, 3.05) is 19.1 Å². The summed E-state index contributed by atoms with van der Waals surface area (Å²) in [4.78, 5) is 7.11. The molecule has 0 fully saturated rings. The Hall–Kier alpha value is -2.53. The lowest BCUT2D eigenvalue weighted by molar-refractivity contribution is 0.468. The summed E-state index contributed by atoms with van der Waals surface area (Å²) < 4.78 is 8.17. The van der Waals surface area contributed by atoms with Gasteiger partial charge < -0.3 is 9.42 Å². The molecule has 7 heteroatoms. The van der Waals surface area contributed by atoms with Gasteiger partial charge in [-0.05, 0) is 30.7 Å². The van der Waals surface area contributed by atoms with Gasteiger partial charge in [0.2, 0.25) is 0 Å². The average molecular weight is 449 g/mol. The Morgan fingerprint density at radius 1 is 1.03 bits per heavy atom. The van der Waals surface area contributed by atoms with E-state index >= 15 is 0 Å². The largest absolute Gasteiger partial charge is 0.346 e. The van der Waals surface area contributed by atoms with E-state index in [2.05, 4.69) is 50.1 Å². The van der Waals surface area contributed by atoms with Crippen LogP contribution in [0.15, 0.2) is 70.6 Å². The number of fused-ring (bicyclic) bond motifs is 2. The molecular formula is C24H25N4OPS. The molecule has 0 radical (unpaired) electrons. The molecule has 5 rings (SSSR count). The summed E-state index contributed by atoms with van der Waals surface area (Å²) in [6, 6.07) is 18.6. The van der Waals surface area contributed by atoms with Crippen LogP contribution in [0, 0.1) is 6.92 Å². The molecule has 3 heterocycles. The van der Waals surface area contributed by atoms with Gasteiger partial charge in [-0.1, -0.05) is 62.1 Å². The fraction of sp³-hybridized carbons (Fsp3) is 0.250. The molecule has 0 spiro atoms. The van der Waals surface area contributed by atoms with Gasteiger partial charge in [-0.2, -0.15) is 5.10 Å². The highest BCUT2D eigenvalue weighted by Crippen LogP contribution is 2.62. The van der Waals surface area contributed by atoms with E-state index in [4.69, 9.17) is 26.4 Å². The zero-order valence-corrected chi connectivity index (χ0v) is 20.0. The van der Waals surface area contributed by atoms with Crippen LogP contribution in [-0.2, 0) is 21.7 Å². The molecule has 5 nitrogen and oxygen atoms in total. The first kappa shape index (κ1) is 20.4. The number of anilines is 1. The maximum atomic E-state index is 6.39. The molecule has 0 saturated heterocycles. The Labute approximate surface area is 188 Å². The quantitative estimate of drug-likeness (QED) is 0.506. The SMILES string of the molecule is COP1(=S)/C(=C2/N(C)c3ccccc3C2(C)C)C=Nc2c(C)nn(-c3ccccc3)c21. The van der Waals surface area contributed by atoms with E-state index in [1.54, 1.807) is 7.11 Å². The van der Waals surface area contributed by atoms with E-state index in [-0.39, 0.29) is 5.41 Å². The third-order valence-electron chi connectivity index (χ3n) is 6.28. The van der Waals surface area contributed by atoms with Crippen LogP contribution in [-0.4, -0.2) is 30.2 Å². The summed E-state index contributed by atoms with van der Waals surface area (Å²) in [5, 5.41) is 5.79. The van der Waals surface area contributed by atoms with Crippen LogP contribution in [0.1, 0.15) is 25.1 Å². The van der Waals surface area contributed by atoms with E-state index in [1.165, 1.54) is 11.3 Å². The van der Waals surface area contributed by atoms with Crippen LogP contribution in [0.3, 0.4) is 0 Å². The summed E-state index contributed by atoms with van der Waals surface area (Å²) in [6.07, 6.45) is -0.722. The number of para-hydroxylation sites is 2. The molecular weight excluding hydrogens is 423 g/mol. The standard InChI is InChI=1S/C24H25N4OPS/c1-16-21-23(28(26-16)17-11-7-6-8-12-17)30(31,29-5)20(15-25-21)22-24(2,3)18-13-9-10-14-19(18)27(22)4/h6-15H,1-5H3/b22-20+. The van der Waals surface area contributed by atoms with Gasteiger partial charge in [-0.25, -0.2) is 4.68 Å². The van der Waals surface area contributed by atoms with Crippen molar-refractivity contribution in [3.63, 3.8) is 0 Å². The van der Waals surface area contributed by atoms with Crippen LogP contribution in [0.25, 0.3) is 5.69 Å². The second-order valence-electron chi connectivity index (χ2n) is 8.43. The van der Waals surface area contributed by atoms with Crippen molar-refractivity contribution in [2.24, 2.45) is 4.99 Å². The van der Waals surface area contributed by atoms with Crippen molar-refractivity contribution in [3.8, 4) is 5.69 Å². The first-order chi connectivity index (χ1) is 14.8. The van der Waals surface area contributed by atoms with Crippen molar-refractivity contribution in [1.29, 1.82) is 0 Å². The number of likely N-dealkylation sites (N-methyl/N-ethyl adjacent to an activating group) is 1. The van der Waals surface area contributed by atoms with Gasteiger partial charge in [-0.15, -0.1) is 0 Å². The van der Waals surface area contributed by atoms with Crippen molar-refractivity contribution >= 4 is 41.1 Å². The Morgan fingerprint density at radius 3 is 2.39 bits per heavy atom. The Balaban J connectivity index is 1.81. The third-order valence-corrected chi connectivity index (χ3v) is 10.3. The van der Waals surface area contributed by atoms with E-state index < -0.39 is 6.26 Å². The second-order valence-corrected chi connectivity index (χ2v) is 12.3. The molecule has 31 heavy (non-hydrogen) atoms. The second kappa shape index (κ2) is 6.99. The molecule has 1 aromatic heterocycles. The van der Waals surface area contributed by atoms with E-state index in [0.717, 1.165) is 33.5 Å². The molecule has 2 aromatic carbocycles. The number of aryl methyl sites for hydroxylation is 1. The van der Waals surface area contributed by atoms with Crippen molar-refractivity contribution in [3.05, 3.63) is 76.9 Å². The highest BCUT2D eigenvalue weighted by atomic mass is 32.4. The first-order valence-electron chi connectivity index (χ1n) is 10.2. The minimum atomic E-state index is -2.65. The average Bonchev–Trinajstić information content (AvgIpc) is 3.22. The zero-order chi connectivity index (χ0) is 22.0. The molecule has 1 unspecified atom stereocenters. The van der Waals surface area contributed by atoms with Crippen molar-refractivity contribution < 1.29 is 4.52 Å². The number of aliphatic imine (C=N–C) groups is 1. The molecule has 0 amide bonds. The molecule has 2 aliphatic heterocycles. The predicted octanol–water partition coefficient (Wildman–Crippen LogP) is 5.20. The van der Waals surface area contributed by atoms with E-state index in [0.29, 0.717) is 0 Å². The normalized spacial score (nSPS) is 23.7. The van der Waals surface area contributed by atoms with Crippen molar-refractivity contribution in [2.45, 2.75) is 26.2 Å². The highest BCUT2D eigenvalue weighted by Gasteiger charge is 2.46. The molecule has 158 valence electrons. The van der Waals surface area contributed by atoms with Gasteiger partial charge in [-0.3, -0.25) is 4.99 Å². The smallest absolute Gasteiger partial charge is 0.146 e. The Morgan fingerprint density at radius 2 is 1.71 bits per heavy atom. The molecule has 0 aliphatic carbocycles. The maximum absolute atomic E-state index is 6.39. The first-order valence-corrected chi connectivity index (χ1v) is 13.0. The van der Waals surface area contributed by atoms with Gasteiger partial charge in [0.15, 0.2) is 0 Å². The topological polar surface area (TPSA) is 42.6 Å². The van der Waals surface area contributed by atoms with Crippen LogP contribution in [0.2, 0.25) is 0 Å². The fourth-order valence-electron chi connectivity index (χ4n) is 4.83.